The third kappa shape index (κ3) is 5.89. The number of rotatable bonds is 2. The zero-order chi connectivity index (χ0) is 43.6. The van der Waals surface area contributed by atoms with E-state index in [0.29, 0.717) is 0 Å². The van der Waals surface area contributed by atoms with Crippen LogP contribution in [0.4, 0.5) is 34.1 Å². The van der Waals surface area contributed by atoms with Gasteiger partial charge in [-0.3, -0.25) is 0 Å². The fraction of sp³-hybridized carbons (Fsp3) is 0.439. The summed E-state index contributed by atoms with van der Waals surface area (Å²) in [5.74, 6) is 0. The molecule has 3 nitrogen and oxygen atoms in total. The van der Waals surface area contributed by atoms with E-state index in [-0.39, 0.29) is 39.2 Å². The molecule has 2 aliphatic carbocycles. The van der Waals surface area contributed by atoms with Crippen LogP contribution in [0.5, 0.6) is 0 Å². The molecule has 3 heterocycles. The van der Waals surface area contributed by atoms with Crippen molar-refractivity contribution >= 4 is 68.4 Å². The predicted molar refractivity (Wildman–Crippen MR) is 263 cm³/mol. The second-order valence-electron chi connectivity index (χ2n) is 24.0. The molecule has 0 spiro atoms. The number of fused-ring (bicyclic) bond motifs is 9. The second kappa shape index (κ2) is 12.7. The lowest BCUT2D eigenvalue weighted by Crippen LogP contribution is -2.62. The minimum Gasteiger partial charge on any atom is -0.468 e. The summed E-state index contributed by atoms with van der Waals surface area (Å²) in [6.45, 7) is 36.2. The van der Waals surface area contributed by atoms with Gasteiger partial charge in [-0.1, -0.05) is 139 Å². The summed E-state index contributed by atoms with van der Waals surface area (Å²) in [7, 11) is 0. The normalized spacial score (nSPS) is 19.2. The number of aryl methyl sites for hydroxylation is 1. The summed E-state index contributed by atoms with van der Waals surface area (Å²) in [4.78, 5) is 5.32. The van der Waals surface area contributed by atoms with E-state index in [4.69, 9.17) is 4.42 Å². The van der Waals surface area contributed by atoms with E-state index in [9.17, 15) is 0 Å². The van der Waals surface area contributed by atoms with Gasteiger partial charge in [0.25, 0.3) is 6.71 Å². The van der Waals surface area contributed by atoms with Gasteiger partial charge in [-0.05, 0) is 157 Å². The van der Waals surface area contributed by atoms with Crippen molar-refractivity contribution < 1.29 is 4.42 Å². The summed E-state index contributed by atoms with van der Waals surface area (Å²) < 4.78 is 7.29. The Balaban J connectivity index is 1.38. The third-order valence-corrected chi connectivity index (χ3v) is 15.8. The molecule has 0 bridgehead atoms. The minimum atomic E-state index is -0.109. The van der Waals surface area contributed by atoms with Gasteiger partial charge in [0.05, 0.1) is 11.3 Å². The SMILES string of the molecule is Cc1cc2c(cc1N1c3cc(C(C)(C)C)cc4c3B(c3ccc5c(c31)C(C)(C)CCC5(C)C)c1oc3ccccc3c1N4c1ccc(C(C)(C)C)cc1)C(C)(C)CCC2(C)C. The van der Waals surface area contributed by atoms with Crippen molar-refractivity contribution in [2.75, 3.05) is 9.80 Å². The lowest BCUT2D eigenvalue weighted by molar-refractivity contribution is 0.331. The van der Waals surface area contributed by atoms with Crippen LogP contribution in [0.3, 0.4) is 0 Å². The first-order valence-electron chi connectivity index (χ1n) is 23.1. The molecule has 4 heteroatoms. The average Bonchev–Trinajstić information content (AvgIpc) is 3.56. The first kappa shape index (κ1) is 40.4. The number of hydrogen-bond acceptors (Lipinski definition) is 3. The van der Waals surface area contributed by atoms with E-state index >= 15 is 0 Å². The molecule has 4 aliphatic rings. The van der Waals surface area contributed by atoms with E-state index in [1.807, 2.05) is 0 Å². The van der Waals surface area contributed by atoms with E-state index in [1.165, 1.54) is 97.6 Å². The van der Waals surface area contributed by atoms with Crippen molar-refractivity contribution in [3.05, 3.63) is 124 Å². The Bertz CT molecular complexity index is 2800. The number of furan rings is 1. The summed E-state index contributed by atoms with van der Waals surface area (Å²) in [6.07, 6.45) is 4.69. The van der Waals surface area contributed by atoms with Gasteiger partial charge in [0, 0.05) is 33.8 Å². The quantitative estimate of drug-likeness (QED) is 0.162. The van der Waals surface area contributed by atoms with Gasteiger partial charge in [0.1, 0.15) is 5.58 Å². The maximum Gasteiger partial charge on any atom is 0.297 e. The molecular weight excluding hydrogens is 739 g/mol. The molecule has 0 saturated heterocycles. The van der Waals surface area contributed by atoms with Crippen LogP contribution in [0, 0.1) is 6.92 Å². The molecule has 0 radical (unpaired) electrons. The highest BCUT2D eigenvalue weighted by atomic mass is 16.3. The Morgan fingerprint density at radius 2 is 1.10 bits per heavy atom. The first-order valence-corrected chi connectivity index (χ1v) is 23.1. The number of nitrogens with zero attached hydrogens (tertiary/aromatic N) is 2. The summed E-state index contributed by atoms with van der Waals surface area (Å²) in [6, 6.07) is 33.4. The van der Waals surface area contributed by atoms with Gasteiger partial charge in [-0.15, -0.1) is 0 Å². The topological polar surface area (TPSA) is 19.6 Å². The molecule has 6 aromatic rings. The van der Waals surface area contributed by atoms with Crippen LogP contribution in [0.25, 0.3) is 11.0 Å². The molecule has 0 fully saturated rings. The van der Waals surface area contributed by atoms with Gasteiger partial charge in [0.15, 0.2) is 0 Å². The molecule has 10 rings (SSSR count). The molecule has 314 valence electrons. The molecule has 0 saturated carbocycles. The Kier molecular flexibility index (Phi) is 8.41. The molecule has 0 atom stereocenters. The minimum absolute atomic E-state index is 0.0357. The Labute approximate surface area is 367 Å². The van der Waals surface area contributed by atoms with E-state index in [0.717, 1.165) is 28.7 Å². The summed E-state index contributed by atoms with van der Waals surface area (Å²) >= 11 is 0. The highest BCUT2D eigenvalue weighted by Crippen LogP contribution is 2.56. The molecule has 1 aromatic heterocycles. The Hall–Kier alpha value is -4.70. The first-order chi connectivity index (χ1) is 28.4. The third-order valence-electron chi connectivity index (χ3n) is 15.8. The molecule has 0 unspecified atom stereocenters. The van der Waals surface area contributed by atoms with Crippen LogP contribution < -0.4 is 26.4 Å². The number of anilines is 6. The zero-order valence-electron chi connectivity index (χ0n) is 39.8. The van der Waals surface area contributed by atoms with E-state index in [1.54, 1.807) is 0 Å². The van der Waals surface area contributed by atoms with Crippen LogP contribution in [-0.2, 0) is 32.5 Å². The van der Waals surface area contributed by atoms with Crippen molar-refractivity contribution in [2.24, 2.45) is 0 Å². The van der Waals surface area contributed by atoms with Gasteiger partial charge in [-0.2, -0.15) is 0 Å². The summed E-state index contributed by atoms with van der Waals surface area (Å²) in [5, 5.41) is 1.16. The highest BCUT2D eigenvalue weighted by Gasteiger charge is 2.51. The van der Waals surface area contributed by atoms with Gasteiger partial charge < -0.3 is 14.2 Å². The molecule has 0 N–H and O–H groups in total. The van der Waals surface area contributed by atoms with Gasteiger partial charge in [0.2, 0.25) is 0 Å². The maximum atomic E-state index is 7.29. The predicted octanol–water partition coefficient (Wildman–Crippen LogP) is 14.1. The molecule has 2 aliphatic heterocycles. The number of benzene rings is 5. The van der Waals surface area contributed by atoms with Crippen LogP contribution >= 0.6 is 0 Å². The Morgan fingerprint density at radius 3 is 1.72 bits per heavy atom. The maximum absolute atomic E-state index is 7.29. The fourth-order valence-electron chi connectivity index (χ4n) is 11.7. The average molecular weight is 807 g/mol. The van der Waals surface area contributed by atoms with Crippen molar-refractivity contribution in [3.8, 4) is 0 Å². The lowest BCUT2D eigenvalue weighted by atomic mass is 9.35. The number of hydrogen-bond donors (Lipinski definition) is 0. The van der Waals surface area contributed by atoms with Crippen LogP contribution in [0.1, 0.15) is 162 Å². The largest absolute Gasteiger partial charge is 0.468 e. The molecule has 5 aromatic carbocycles. The van der Waals surface area contributed by atoms with Crippen LogP contribution in [0.2, 0.25) is 0 Å². The van der Waals surface area contributed by atoms with Crippen molar-refractivity contribution in [3.63, 3.8) is 0 Å². The zero-order valence-corrected chi connectivity index (χ0v) is 39.8. The smallest absolute Gasteiger partial charge is 0.297 e. The van der Waals surface area contributed by atoms with E-state index in [2.05, 4.69) is 199 Å². The van der Waals surface area contributed by atoms with Crippen molar-refractivity contribution in [1.82, 2.24) is 0 Å². The lowest BCUT2D eigenvalue weighted by Gasteiger charge is -2.50. The van der Waals surface area contributed by atoms with Crippen molar-refractivity contribution in [2.45, 2.75) is 162 Å². The molecular formula is C57H67BN2O. The van der Waals surface area contributed by atoms with Crippen LogP contribution in [-0.4, -0.2) is 6.71 Å². The standard InChI is InChI=1S/C57H67BN2O/c1-34-30-40-41(56(12,13)27-26-55(40,10)11)33-43(34)60-45-32-36(53(5,6)7)31-44-48(45)58(42-25-24-39-47(50(42)60)57(14,15)29-28-54(39,8)9)51-49(38-18-16-17-19-46(38)61-51)59(44)37-22-20-35(21-23-37)52(2,3)4/h16-25,30-33H,26-29H2,1-15H3. The second-order valence-corrected chi connectivity index (χ2v) is 24.0. The summed E-state index contributed by atoms with van der Waals surface area (Å²) in [5.41, 5.74) is 22.3. The molecule has 0 amide bonds. The molecule has 61 heavy (non-hydrogen) atoms. The number of para-hydroxylation sites is 1. The van der Waals surface area contributed by atoms with Crippen molar-refractivity contribution in [1.29, 1.82) is 0 Å². The van der Waals surface area contributed by atoms with Gasteiger partial charge >= 0.3 is 0 Å². The fourth-order valence-corrected chi connectivity index (χ4v) is 11.7. The highest BCUT2D eigenvalue weighted by molar-refractivity contribution is 7.00. The van der Waals surface area contributed by atoms with Crippen LogP contribution in [0.15, 0.2) is 89.3 Å². The Morgan fingerprint density at radius 1 is 0.541 bits per heavy atom. The van der Waals surface area contributed by atoms with E-state index < -0.39 is 0 Å². The monoisotopic (exact) mass is 807 g/mol. The van der Waals surface area contributed by atoms with Gasteiger partial charge in [-0.25, -0.2) is 0 Å².